The molecule has 0 radical (unpaired) electrons. The monoisotopic (exact) mass is 308 g/mol. The molecule has 0 heterocycles. The van der Waals surface area contributed by atoms with Crippen LogP contribution in [0.1, 0.15) is 58.9 Å². The minimum atomic E-state index is 0.472. The van der Waals surface area contributed by atoms with E-state index in [0.717, 1.165) is 54.2 Å². The summed E-state index contributed by atoms with van der Waals surface area (Å²) < 4.78 is 0. The van der Waals surface area contributed by atoms with E-state index in [-0.39, 0.29) is 0 Å². The predicted molar refractivity (Wildman–Crippen MR) is 95.4 cm³/mol. The molecule has 0 amide bonds. The highest BCUT2D eigenvalue weighted by atomic mass is 35.5. The lowest BCUT2D eigenvalue weighted by Crippen LogP contribution is -2.19. The predicted octanol–water partition coefficient (Wildman–Crippen LogP) is 5.58. The quantitative estimate of drug-likeness (QED) is 0.494. The van der Waals surface area contributed by atoms with E-state index in [2.05, 4.69) is 27.7 Å². The molecule has 1 aromatic rings. The van der Waals surface area contributed by atoms with Crippen LogP contribution in [0.2, 0.25) is 5.02 Å². The number of rotatable bonds is 8. The first-order valence-corrected chi connectivity index (χ1v) is 8.47. The van der Waals surface area contributed by atoms with Crippen LogP contribution in [0.4, 0.5) is 5.69 Å². The first-order valence-electron chi connectivity index (χ1n) is 8.09. The number of aliphatic imine (C=N–C) groups is 1. The standard InChI is InChI=1S/C18H29ClN2/c1-5-7-14(8-6-2)18(21-12-13(3)4)16-11-15(19)9-10-17(16)20/h9-11,13-14H,5-8,12,20H2,1-4H3. The van der Waals surface area contributed by atoms with Gasteiger partial charge in [0.15, 0.2) is 0 Å². The Kier molecular flexibility index (Phi) is 7.81. The molecule has 0 saturated heterocycles. The van der Waals surface area contributed by atoms with Gasteiger partial charge in [0, 0.05) is 34.4 Å². The van der Waals surface area contributed by atoms with Gasteiger partial charge in [-0.05, 0) is 37.0 Å². The summed E-state index contributed by atoms with van der Waals surface area (Å²) in [5.74, 6) is 1.02. The molecule has 2 nitrogen and oxygen atoms in total. The number of hydrogen-bond donors (Lipinski definition) is 1. The van der Waals surface area contributed by atoms with E-state index in [4.69, 9.17) is 22.3 Å². The van der Waals surface area contributed by atoms with Gasteiger partial charge in [0.2, 0.25) is 0 Å². The van der Waals surface area contributed by atoms with E-state index in [1.807, 2.05) is 18.2 Å². The fourth-order valence-corrected chi connectivity index (χ4v) is 2.75. The van der Waals surface area contributed by atoms with Crippen LogP contribution in [0, 0.1) is 11.8 Å². The van der Waals surface area contributed by atoms with Crippen LogP contribution in [0.3, 0.4) is 0 Å². The Labute approximate surface area is 134 Å². The number of halogens is 1. The van der Waals surface area contributed by atoms with Gasteiger partial charge in [-0.3, -0.25) is 4.99 Å². The molecule has 1 rings (SSSR count). The number of nitrogens with two attached hydrogens (primary N) is 1. The van der Waals surface area contributed by atoms with Crippen molar-refractivity contribution < 1.29 is 0 Å². The molecule has 0 aliphatic rings. The third kappa shape index (κ3) is 5.70. The average Bonchev–Trinajstić information content (AvgIpc) is 2.42. The summed E-state index contributed by atoms with van der Waals surface area (Å²) in [5, 5.41) is 0.725. The van der Waals surface area contributed by atoms with Crippen LogP contribution in [0.15, 0.2) is 23.2 Å². The lowest BCUT2D eigenvalue weighted by molar-refractivity contribution is 0.554. The van der Waals surface area contributed by atoms with E-state index >= 15 is 0 Å². The van der Waals surface area contributed by atoms with Crippen molar-refractivity contribution in [2.75, 3.05) is 12.3 Å². The van der Waals surface area contributed by atoms with Gasteiger partial charge in [0.05, 0.1) is 0 Å². The highest BCUT2D eigenvalue weighted by Gasteiger charge is 2.19. The number of nitrogens with zero attached hydrogens (tertiary/aromatic N) is 1. The second kappa shape index (κ2) is 9.09. The maximum absolute atomic E-state index is 6.19. The third-order valence-electron chi connectivity index (χ3n) is 3.58. The molecule has 0 spiro atoms. The maximum atomic E-state index is 6.19. The van der Waals surface area contributed by atoms with Crippen molar-refractivity contribution in [1.29, 1.82) is 0 Å². The minimum Gasteiger partial charge on any atom is -0.398 e. The van der Waals surface area contributed by atoms with Crippen molar-refractivity contribution in [3.05, 3.63) is 28.8 Å². The van der Waals surface area contributed by atoms with E-state index in [1.165, 1.54) is 0 Å². The fourth-order valence-electron chi connectivity index (χ4n) is 2.58. The summed E-state index contributed by atoms with van der Waals surface area (Å²) in [6.07, 6.45) is 4.62. The molecule has 0 atom stereocenters. The Bertz CT molecular complexity index is 460. The summed E-state index contributed by atoms with van der Waals surface area (Å²) in [6, 6.07) is 5.70. The zero-order valence-electron chi connectivity index (χ0n) is 13.8. The average molecular weight is 309 g/mol. The summed E-state index contributed by atoms with van der Waals surface area (Å²) in [7, 11) is 0. The molecule has 0 bridgehead atoms. The van der Waals surface area contributed by atoms with Gasteiger partial charge in [-0.2, -0.15) is 0 Å². The van der Waals surface area contributed by atoms with Crippen molar-refractivity contribution in [3.63, 3.8) is 0 Å². The lowest BCUT2D eigenvalue weighted by Gasteiger charge is -2.21. The zero-order valence-corrected chi connectivity index (χ0v) is 14.6. The molecule has 0 aliphatic heterocycles. The molecule has 1 aromatic carbocycles. The van der Waals surface area contributed by atoms with Crippen LogP contribution in [0.5, 0.6) is 0 Å². The SMILES string of the molecule is CCCC(CCC)C(=NCC(C)C)c1cc(Cl)ccc1N. The highest BCUT2D eigenvalue weighted by Crippen LogP contribution is 2.26. The molecule has 0 aromatic heterocycles. The summed E-state index contributed by atoms with van der Waals surface area (Å²) in [6.45, 7) is 9.67. The van der Waals surface area contributed by atoms with Gasteiger partial charge in [-0.1, -0.05) is 52.1 Å². The number of benzene rings is 1. The Morgan fingerprint density at radius 2 is 1.81 bits per heavy atom. The van der Waals surface area contributed by atoms with Crippen LogP contribution in [-0.4, -0.2) is 12.3 Å². The molecular formula is C18H29ClN2. The fraction of sp³-hybridized carbons (Fsp3) is 0.611. The molecule has 0 fully saturated rings. The largest absolute Gasteiger partial charge is 0.398 e. The van der Waals surface area contributed by atoms with Gasteiger partial charge in [0.1, 0.15) is 0 Å². The lowest BCUT2D eigenvalue weighted by atomic mass is 9.88. The zero-order chi connectivity index (χ0) is 15.8. The maximum Gasteiger partial charge on any atom is 0.0472 e. The second-order valence-corrected chi connectivity index (χ2v) is 6.56. The van der Waals surface area contributed by atoms with E-state index < -0.39 is 0 Å². The third-order valence-corrected chi connectivity index (χ3v) is 3.81. The first-order chi connectivity index (χ1) is 9.99. The molecule has 118 valence electrons. The summed E-state index contributed by atoms with van der Waals surface area (Å²) in [5.41, 5.74) is 9.13. The molecule has 0 unspecified atom stereocenters. The van der Waals surface area contributed by atoms with E-state index in [9.17, 15) is 0 Å². The Balaban J connectivity index is 3.22. The normalized spacial score (nSPS) is 12.4. The molecule has 0 aliphatic carbocycles. The van der Waals surface area contributed by atoms with Gasteiger partial charge in [0.25, 0.3) is 0 Å². The van der Waals surface area contributed by atoms with Crippen molar-refractivity contribution in [3.8, 4) is 0 Å². The molecule has 3 heteroatoms. The molecular weight excluding hydrogens is 280 g/mol. The first kappa shape index (κ1) is 18.0. The number of anilines is 1. The smallest absolute Gasteiger partial charge is 0.0472 e. The Morgan fingerprint density at radius 1 is 1.19 bits per heavy atom. The minimum absolute atomic E-state index is 0.472. The Hall–Kier alpha value is -1.02. The van der Waals surface area contributed by atoms with Crippen LogP contribution in [0.25, 0.3) is 0 Å². The van der Waals surface area contributed by atoms with Crippen molar-refractivity contribution in [2.45, 2.75) is 53.4 Å². The topological polar surface area (TPSA) is 38.4 Å². The van der Waals surface area contributed by atoms with Crippen LogP contribution in [-0.2, 0) is 0 Å². The molecule has 21 heavy (non-hydrogen) atoms. The van der Waals surface area contributed by atoms with Gasteiger partial charge in [-0.25, -0.2) is 0 Å². The van der Waals surface area contributed by atoms with Gasteiger partial charge in [-0.15, -0.1) is 0 Å². The van der Waals surface area contributed by atoms with E-state index in [1.54, 1.807) is 0 Å². The summed E-state index contributed by atoms with van der Waals surface area (Å²) >= 11 is 6.17. The molecule has 0 saturated carbocycles. The van der Waals surface area contributed by atoms with E-state index in [0.29, 0.717) is 11.8 Å². The number of nitrogen functional groups attached to an aromatic ring is 1. The summed E-state index contributed by atoms with van der Waals surface area (Å²) in [4.78, 5) is 4.91. The van der Waals surface area contributed by atoms with Crippen molar-refractivity contribution >= 4 is 23.0 Å². The Morgan fingerprint density at radius 3 is 2.33 bits per heavy atom. The van der Waals surface area contributed by atoms with Gasteiger partial charge >= 0.3 is 0 Å². The second-order valence-electron chi connectivity index (χ2n) is 6.13. The number of hydrogen-bond acceptors (Lipinski definition) is 2. The van der Waals surface area contributed by atoms with Gasteiger partial charge < -0.3 is 5.73 Å². The van der Waals surface area contributed by atoms with Crippen molar-refractivity contribution in [2.24, 2.45) is 16.8 Å². The van der Waals surface area contributed by atoms with Crippen LogP contribution < -0.4 is 5.73 Å². The van der Waals surface area contributed by atoms with Crippen molar-refractivity contribution in [1.82, 2.24) is 0 Å². The van der Waals surface area contributed by atoms with Crippen LogP contribution >= 0.6 is 11.6 Å². The highest BCUT2D eigenvalue weighted by molar-refractivity contribution is 6.31. The molecule has 2 N–H and O–H groups in total.